The van der Waals surface area contributed by atoms with Gasteiger partial charge in [0.25, 0.3) is 6.71 Å². The lowest BCUT2D eigenvalue weighted by molar-refractivity contribution is 0.332. The first-order chi connectivity index (χ1) is 40.4. The SMILES string of the molecule is Cc1cc(C(C)(C)C)ccc1N(c1ccc2c(c1)N(c1cccc3oc4cc(C(C)(C)C)ccc4c13)c1cc(C(C)(C)C)cc3c1B2c1cc2c(cc1N3c1ccc3c(c1)C(C)(C)CCC3(C)C)C(C)(C)CCC2(C)C)c1ccc(C(C)(C)C)cc1C. The molecule has 0 N–H and O–H groups in total. The summed E-state index contributed by atoms with van der Waals surface area (Å²) in [6.07, 6.45) is 4.62. The van der Waals surface area contributed by atoms with Crippen molar-refractivity contribution in [1.29, 1.82) is 0 Å². The predicted octanol–water partition coefficient (Wildman–Crippen LogP) is 21.6. The maximum absolute atomic E-state index is 7.07. The maximum Gasteiger partial charge on any atom is 0.252 e. The molecule has 0 unspecified atom stereocenters. The standard InChI is InChI=1S/C82H96BN3O/c1-49-40-51(75(3,4)5)27-34-64(49)84(65-35-28-52(41-50(65)2)76(6,7)8)56-30-33-62-67(46-56)86(66-24-23-25-71-73(66)57-31-26-53(77(9,10)11)44-72(57)87-71)70-43-54(78(12,13)14)42-69-74(70)83(62)63-47-60-61(82(21,22)39-38-81(60,19)20)48-68(63)85(69)55-29-32-58-59(45-55)80(17,18)37-36-79(58,15)16/h23-35,40-48H,36-39H2,1-22H3. The minimum absolute atomic E-state index is 0.00104. The maximum atomic E-state index is 7.07. The van der Waals surface area contributed by atoms with Gasteiger partial charge >= 0.3 is 0 Å². The highest BCUT2D eigenvalue weighted by atomic mass is 16.3. The molecule has 448 valence electrons. The van der Waals surface area contributed by atoms with Crippen molar-refractivity contribution in [3.8, 4) is 0 Å². The van der Waals surface area contributed by atoms with Gasteiger partial charge in [-0.25, -0.2) is 0 Å². The zero-order chi connectivity index (χ0) is 62.4. The molecule has 0 bridgehead atoms. The largest absolute Gasteiger partial charge is 0.456 e. The molecule has 0 fully saturated rings. The average Bonchev–Trinajstić information content (AvgIpc) is 0.897. The van der Waals surface area contributed by atoms with Crippen molar-refractivity contribution in [3.63, 3.8) is 0 Å². The summed E-state index contributed by atoms with van der Waals surface area (Å²) in [6, 6.07) is 53.7. The molecular formula is C82H96BN3O. The van der Waals surface area contributed by atoms with E-state index in [9.17, 15) is 0 Å². The van der Waals surface area contributed by atoms with Gasteiger partial charge in [0.2, 0.25) is 0 Å². The lowest BCUT2D eigenvalue weighted by Gasteiger charge is -2.48. The summed E-state index contributed by atoms with van der Waals surface area (Å²) < 4.78 is 7.07. The lowest BCUT2D eigenvalue weighted by atomic mass is 9.33. The molecule has 5 heteroatoms. The van der Waals surface area contributed by atoms with E-state index in [1.54, 1.807) is 0 Å². The Hall–Kier alpha value is -6.98. The number of aryl methyl sites for hydroxylation is 2. The Bertz CT molecular complexity index is 4260. The van der Waals surface area contributed by atoms with Crippen LogP contribution in [0.15, 0.2) is 138 Å². The van der Waals surface area contributed by atoms with Gasteiger partial charge < -0.3 is 19.1 Å². The van der Waals surface area contributed by atoms with Gasteiger partial charge in [-0.3, -0.25) is 0 Å². The number of hydrogen-bond acceptors (Lipinski definition) is 4. The zero-order valence-corrected chi connectivity index (χ0v) is 56.9. The first-order valence-corrected chi connectivity index (χ1v) is 32.7. The summed E-state index contributed by atoms with van der Waals surface area (Å²) in [7, 11) is 0. The van der Waals surface area contributed by atoms with Gasteiger partial charge in [0.1, 0.15) is 11.2 Å². The molecule has 2 aliphatic heterocycles. The smallest absolute Gasteiger partial charge is 0.252 e. The summed E-state index contributed by atoms with van der Waals surface area (Å²) in [5, 5.41) is 2.26. The van der Waals surface area contributed by atoms with Gasteiger partial charge in [0, 0.05) is 50.9 Å². The highest BCUT2D eigenvalue weighted by molar-refractivity contribution is 7.00. The van der Waals surface area contributed by atoms with Crippen molar-refractivity contribution in [2.24, 2.45) is 0 Å². The zero-order valence-electron chi connectivity index (χ0n) is 56.9. The molecule has 0 amide bonds. The summed E-state index contributed by atoms with van der Waals surface area (Å²) >= 11 is 0. The van der Waals surface area contributed by atoms with Crippen LogP contribution in [0.5, 0.6) is 0 Å². The third-order valence-electron chi connectivity index (χ3n) is 21.4. The first-order valence-electron chi connectivity index (χ1n) is 32.7. The molecule has 8 aromatic carbocycles. The highest BCUT2D eigenvalue weighted by Gasteiger charge is 2.48. The Balaban J connectivity index is 1.17. The second-order valence-electron chi connectivity index (χ2n) is 33.8. The van der Waals surface area contributed by atoms with Gasteiger partial charge in [-0.15, -0.1) is 0 Å². The summed E-state index contributed by atoms with van der Waals surface area (Å²) in [6.45, 7) is 52.4. The van der Waals surface area contributed by atoms with Crippen LogP contribution in [0.3, 0.4) is 0 Å². The van der Waals surface area contributed by atoms with E-state index < -0.39 is 0 Å². The molecule has 3 heterocycles. The van der Waals surface area contributed by atoms with E-state index in [0.717, 1.165) is 52.6 Å². The highest BCUT2D eigenvalue weighted by Crippen LogP contribution is 2.55. The molecule has 2 aliphatic carbocycles. The van der Waals surface area contributed by atoms with E-state index in [-0.39, 0.29) is 50.0 Å². The second-order valence-corrected chi connectivity index (χ2v) is 33.8. The number of nitrogens with zero attached hydrogens (tertiary/aromatic N) is 3. The number of benzene rings is 8. The minimum atomic E-state index is -0.202. The van der Waals surface area contributed by atoms with E-state index in [4.69, 9.17) is 4.42 Å². The van der Waals surface area contributed by atoms with Crippen molar-refractivity contribution in [3.05, 3.63) is 189 Å². The number of rotatable bonds is 5. The first kappa shape index (κ1) is 59.0. The van der Waals surface area contributed by atoms with Crippen LogP contribution in [0.25, 0.3) is 21.9 Å². The van der Waals surface area contributed by atoms with Crippen LogP contribution >= 0.6 is 0 Å². The molecular weight excluding hydrogens is 1050 g/mol. The Morgan fingerprint density at radius 1 is 0.402 bits per heavy atom. The molecule has 0 saturated carbocycles. The van der Waals surface area contributed by atoms with Crippen molar-refractivity contribution in [1.82, 2.24) is 0 Å². The predicted molar refractivity (Wildman–Crippen MR) is 377 cm³/mol. The molecule has 9 aromatic rings. The molecule has 87 heavy (non-hydrogen) atoms. The van der Waals surface area contributed by atoms with E-state index in [2.05, 4.69) is 300 Å². The molecule has 4 aliphatic rings. The van der Waals surface area contributed by atoms with Crippen LogP contribution in [0.1, 0.15) is 220 Å². The van der Waals surface area contributed by atoms with Gasteiger partial charge in [0.05, 0.1) is 11.1 Å². The summed E-state index contributed by atoms with van der Waals surface area (Å²) in [5.74, 6) is 0. The topological polar surface area (TPSA) is 22.9 Å². The lowest BCUT2D eigenvalue weighted by Crippen LogP contribution is -2.62. The fraction of sp³-hybridized carbons (Fsp3) is 0.415. The average molecular weight is 1150 g/mol. The second kappa shape index (κ2) is 19.3. The fourth-order valence-electron chi connectivity index (χ4n) is 15.5. The summed E-state index contributed by atoms with van der Waals surface area (Å²) in [4.78, 5) is 7.96. The van der Waals surface area contributed by atoms with Crippen molar-refractivity contribution < 1.29 is 4.42 Å². The Kier molecular flexibility index (Phi) is 13.1. The van der Waals surface area contributed by atoms with Gasteiger partial charge in [0.15, 0.2) is 0 Å². The molecule has 0 spiro atoms. The van der Waals surface area contributed by atoms with Crippen molar-refractivity contribution in [2.45, 2.75) is 221 Å². The van der Waals surface area contributed by atoms with Crippen LogP contribution in [0.4, 0.5) is 51.2 Å². The number of fused-ring (bicyclic) bond motifs is 9. The van der Waals surface area contributed by atoms with Gasteiger partial charge in [-0.2, -0.15) is 0 Å². The van der Waals surface area contributed by atoms with Crippen LogP contribution in [0, 0.1) is 13.8 Å². The van der Waals surface area contributed by atoms with Crippen LogP contribution < -0.4 is 31.1 Å². The minimum Gasteiger partial charge on any atom is -0.456 e. The Morgan fingerprint density at radius 2 is 0.897 bits per heavy atom. The van der Waals surface area contributed by atoms with E-state index >= 15 is 0 Å². The van der Waals surface area contributed by atoms with Gasteiger partial charge in [-0.05, 0) is 228 Å². The number of anilines is 9. The number of furan rings is 1. The van der Waals surface area contributed by atoms with E-state index in [0.29, 0.717) is 0 Å². The van der Waals surface area contributed by atoms with Crippen molar-refractivity contribution >= 4 is 96.2 Å². The molecule has 0 atom stereocenters. The summed E-state index contributed by atoms with van der Waals surface area (Å²) in [5.41, 5.74) is 30.1. The molecule has 1 aromatic heterocycles. The Morgan fingerprint density at radius 3 is 1.45 bits per heavy atom. The monoisotopic (exact) mass is 1150 g/mol. The third kappa shape index (κ3) is 9.51. The number of hydrogen-bond donors (Lipinski definition) is 0. The fourth-order valence-corrected chi connectivity index (χ4v) is 15.5. The van der Waals surface area contributed by atoms with E-state index in [1.165, 1.54) is 118 Å². The quantitative estimate of drug-likeness (QED) is 0.160. The molecule has 4 nitrogen and oxygen atoms in total. The Labute approximate surface area is 522 Å². The van der Waals surface area contributed by atoms with E-state index in [1.807, 2.05) is 0 Å². The third-order valence-corrected chi connectivity index (χ3v) is 21.4. The van der Waals surface area contributed by atoms with Crippen LogP contribution in [0.2, 0.25) is 0 Å². The van der Waals surface area contributed by atoms with Crippen LogP contribution in [-0.2, 0) is 43.3 Å². The van der Waals surface area contributed by atoms with Crippen molar-refractivity contribution in [2.75, 3.05) is 14.7 Å². The molecule has 13 rings (SSSR count). The van der Waals surface area contributed by atoms with Crippen LogP contribution in [-0.4, -0.2) is 6.71 Å². The molecule has 0 saturated heterocycles. The molecule has 0 radical (unpaired) electrons. The van der Waals surface area contributed by atoms with Gasteiger partial charge in [-0.1, -0.05) is 199 Å². The normalized spacial score (nSPS) is 17.4.